The largest absolute Gasteiger partial charge is 0.462 e. The van der Waals surface area contributed by atoms with E-state index in [-0.39, 0.29) is 37.1 Å². The van der Waals surface area contributed by atoms with E-state index in [0.717, 1.165) is 12.0 Å². The van der Waals surface area contributed by atoms with Gasteiger partial charge in [0.2, 0.25) is 0 Å². The lowest BCUT2D eigenvalue weighted by Gasteiger charge is -2.50. The fourth-order valence-corrected chi connectivity index (χ4v) is 7.73. The molecule has 5 rings (SSSR count). The van der Waals surface area contributed by atoms with Gasteiger partial charge in [0.25, 0.3) is 0 Å². The third-order valence-corrected chi connectivity index (χ3v) is 9.97. The monoisotopic (exact) mass is 609 g/mol. The Labute approximate surface area is 262 Å². The average Bonchev–Trinajstić information content (AvgIpc) is 3.27. The van der Waals surface area contributed by atoms with Gasteiger partial charge in [0.1, 0.15) is 29.8 Å². The number of nitrogens with one attached hydrogen (secondary N) is 1. The number of rotatable bonds is 2. The van der Waals surface area contributed by atoms with Crippen LogP contribution >= 0.6 is 0 Å². The van der Waals surface area contributed by atoms with Crippen molar-refractivity contribution in [3.8, 4) is 0 Å². The smallest absolute Gasteiger partial charge is 0.316 e. The number of carbonyl (C=O) groups excluding carboxylic acids is 1. The van der Waals surface area contributed by atoms with Gasteiger partial charge in [0.05, 0.1) is 18.8 Å². The van der Waals surface area contributed by atoms with Crippen LogP contribution in [0, 0.1) is 29.1 Å². The fraction of sp³-hybridized carbons (Fsp3) is 0.667. The second-order valence-electron chi connectivity index (χ2n) is 14.3. The van der Waals surface area contributed by atoms with Crippen molar-refractivity contribution in [2.24, 2.45) is 23.7 Å². The van der Waals surface area contributed by atoms with Crippen LogP contribution in [0.25, 0.3) is 0 Å². The number of aliphatic hydroxyl groups is 2. The number of ether oxygens (including phenoxy) is 4. The van der Waals surface area contributed by atoms with Crippen LogP contribution in [-0.4, -0.2) is 70.4 Å². The summed E-state index contributed by atoms with van der Waals surface area (Å²) in [7, 11) is 0. The second-order valence-corrected chi connectivity index (χ2v) is 14.3. The molecule has 8 heteroatoms. The van der Waals surface area contributed by atoms with Crippen molar-refractivity contribution in [3.63, 3.8) is 0 Å². The summed E-state index contributed by atoms with van der Waals surface area (Å²) >= 11 is 0. The van der Waals surface area contributed by atoms with Gasteiger partial charge in [0.15, 0.2) is 5.79 Å². The molecule has 8 nitrogen and oxygen atoms in total. The SMILES string of the molecule is CC1=CC2C(=O)O[C@H]3C[C@@H](C/C=C(\C)C[C@@H](C)/C=C/C=C4\COC([C@@H]1O)[C@@]42O)OC1(CC(=N)[C@H](C)[C@@H](/C(C)=C\C(C)C)O1)C3. The molecule has 0 radical (unpaired) electrons. The van der Waals surface area contributed by atoms with Crippen molar-refractivity contribution in [1.82, 2.24) is 0 Å². The summed E-state index contributed by atoms with van der Waals surface area (Å²) in [4.78, 5) is 14.0. The lowest BCUT2D eigenvalue weighted by Crippen LogP contribution is -2.59. The van der Waals surface area contributed by atoms with Gasteiger partial charge in [-0.05, 0) is 62.2 Å². The van der Waals surface area contributed by atoms with Gasteiger partial charge >= 0.3 is 5.97 Å². The van der Waals surface area contributed by atoms with E-state index in [1.165, 1.54) is 5.57 Å². The predicted molar refractivity (Wildman–Crippen MR) is 169 cm³/mol. The normalized spacial score (nSPS) is 45.1. The Bertz CT molecular complexity index is 1290. The molecule has 4 aliphatic heterocycles. The molecule has 3 saturated heterocycles. The molecule has 242 valence electrons. The zero-order valence-corrected chi connectivity index (χ0v) is 27.3. The van der Waals surface area contributed by atoms with Crippen molar-refractivity contribution in [1.29, 1.82) is 5.41 Å². The van der Waals surface area contributed by atoms with Gasteiger partial charge in [0, 0.05) is 30.9 Å². The van der Waals surface area contributed by atoms with Crippen LogP contribution in [0.15, 0.2) is 58.7 Å². The quantitative estimate of drug-likeness (QED) is 0.270. The standard InChI is InChI=1S/C36H51NO7/c1-20(2)13-24(6)32-25(7)30(37)18-35(44-32)17-28-16-27(43-35)12-11-22(4)14-21(3)9-8-10-26-19-41-33-31(38)23(5)15-29(34(39)42-28)36(26,33)40/h8-11,13,15,20-21,25,27-29,31-33,37-38,40H,12,14,16-19H2,1-7H3/b9-8+,22-11+,24-13-,26-10+,37-30?/t21-,25-,27+,28-,29?,31+,32+,33?,35?,36+/m0/s1. The minimum Gasteiger partial charge on any atom is -0.462 e. The maximum absolute atomic E-state index is 14.0. The molecule has 0 aromatic heterocycles. The highest BCUT2D eigenvalue weighted by molar-refractivity contribution is 5.86. The minimum atomic E-state index is -1.73. The van der Waals surface area contributed by atoms with E-state index < -0.39 is 41.6 Å². The molecule has 3 unspecified atom stereocenters. The number of allylic oxidation sites excluding steroid dienone is 5. The van der Waals surface area contributed by atoms with Gasteiger partial charge in [-0.1, -0.05) is 69.7 Å². The van der Waals surface area contributed by atoms with Gasteiger partial charge in [-0.15, -0.1) is 0 Å². The van der Waals surface area contributed by atoms with Crippen LogP contribution in [-0.2, 0) is 23.7 Å². The number of aliphatic hydroxyl groups excluding tert-OH is 1. The molecular formula is C36H51NO7. The molecule has 1 aliphatic carbocycles. The summed E-state index contributed by atoms with van der Waals surface area (Å²) < 4.78 is 25.7. The zero-order valence-electron chi connectivity index (χ0n) is 27.3. The summed E-state index contributed by atoms with van der Waals surface area (Å²) in [5, 5.41) is 32.0. The van der Waals surface area contributed by atoms with E-state index in [1.54, 1.807) is 13.0 Å². The number of esters is 1. The summed E-state index contributed by atoms with van der Waals surface area (Å²) in [5.74, 6) is -2.23. The first kappa shape index (κ1) is 33.0. The van der Waals surface area contributed by atoms with Gasteiger partial charge < -0.3 is 34.6 Å². The third-order valence-electron chi connectivity index (χ3n) is 9.97. The Kier molecular flexibility index (Phi) is 9.60. The van der Waals surface area contributed by atoms with Crippen LogP contribution in [0.4, 0.5) is 0 Å². The first-order valence-electron chi connectivity index (χ1n) is 16.3. The second kappa shape index (κ2) is 12.8. The number of fused-ring (bicyclic) bond motifs is 2. The Balaban J connectivity index is 1.53. The molecule has 0 saturated carbocycles. The third kappa shape index (κ3) is 6.47. The minimum absolute atomic E-state index is 0.0941. The Morgan fingerprint density at radius 2 is 1.93 bits per heavy atom. The number of hydrogen-bond acceptors (Lipinski definition) is 8. The maximum atomic E-state index is 14.0. The van der Waals surface area contributed by atoms with Crippen LogP contribution < -0.4 is 0 Å². The first-order chi connectivity index (χ1) is 20.7. The van der Waals surface area contributed by atoms with E-state index in [2.05, 4.69) is 52.8 Å². The Morgan fingerprint density at radius 1 is 1.18 bits per heavy atom. The highest BCUT2D eigenvalue weighted by Crippen LogP contribution is 2.47. The maximum Gasteiger partial charge on any atom is 0.316 e. The van der Waals surface area contributed by atoms with E-state index in [0.29, 0.717) is 42.0 Å². The van der Waals surface area contributed by atoms with Crippen molar-refractivity contribution in [3.05, 3.63) is 58.7 Å². The molecular weight excluding hydrogens is 558 g/mol. The molecule has 3 fully saturated rings. The predicted octanol–water partition coefficient (Wildman–Crippen LogP) is 5.75. The van der Waals surface area contributed by atoms with Crippen molar-refractivity contribution >= 4 is 11.7 Å². The van der Waals surface area contributed by atoms with E-state index in [9.17, 15) is 15.0 Å². The topological polar surface area (TPSA) is 118 Å². The van der Waals surface area contributed by atoms with Gasteiger partial charge in [-0.3, -0.25) is 4.79 Å². The van der Waals surface area contributed by atoms with Crippen molar-refractivity contribution < 1.29 is 34.0 Å². The molecule has 2 bridgehead atoms. The van der Waals surface area contributed by atoms with Gasteiger partial charge in [-0.2, -0.15) is 0 Å². The summed E-state index contributed by atoms with van der Waals surface area (Å²) in [6.07, 6.45) is 11.2. The average molecular weight is 610 g/mol. The molecule has 1 spiro atoms. The van der Waals surface area contributed by atoms with Crippen LogP contribution in [0.3, 0.4) is 0 Å². The Morgan fingerprint density at radius 3 is 2.66 bits per heavy atom. The zero-order chi connectivity index (χ0) is 32.0. The van der Waals surface area contributed by atoms with E-state index in [1.807, 2.05) is 19.1 Å². The molecule has 44 heavy (non-hydrogen) atoms. The highest BCUT2D eigenvalue weighted by atomic mass is 16.7. The van der Waals surface area contributed by atoms with Crippen molar-refractivity contribution in [2.45, 2.75) is 122 Å². The lowest BCUT2D eigenvalue weighted by atomic mass is 9.71. The molecule has 10 atom stereocenters. The highest BCUT2D eigenvalue weighted by Gasteiger charge is 2.60. The van der Waals surface area contributed by atoms with Crippen molar-refractivity contribution in [2.75, 3.05) is 6.61 Å². The first-order valence-corrected chi connectivity index (χ1v) is 16.3. The van der Waals surface area contributed by atoms with Crippen LogP contribution in [0.1, 0.15) is 80.6 Å². The summed E-state index contributed by atoms with van der Waals surface area (Å²) in [6.45, 7) is 14.4. The molecule has 4 heterocycles. The van der Waals surface area contributed by atoms with Crippen LogP contribution in [0.2, 0.25) is 0 Å². The van der Waals surface area contributed by atoms with E-state index >= 15 is 0 Å². The van der Waals surface area contributed by atoms with Gasteiger partial charge in [-0.25, -0.2) is 0 Å². The molecule has 0 aromatic carbocycles. The molecule has 0 aromatic rings. The fourth-order valence-electron chi connectivity index (χ4n) is 7.73. The summed E-state index contributed by atoms with van der Waals surface area (Å²) in [5.41, 5.74) is 2.24. The van der Waals surface area contributed by atoms with E-state index in [4.69, 9.17) is 24.4 Å². The number of carbonyl (C=O) groups is 1. The molecule has 0 amide bonds. The van der Waals surface area contributed by atoms with Crippen LogP contribution in [0.5, 0.6) is 0 Å². The number of hydrogen-bond donors (Lipinski definition) is 3. The molecule has 3 N–H and O–H groups in total. The molecule has 5 aliphatic rings. The summed E-state index contributed by atoms with van der Waals surface area (Å²) in [6, 6.07) is 0. The Hall–Kier alpha value is -2.36. The lowest BCUT2D eigenvalue weighted by molar-refractivity contribution is -0.313.